The highest BCUT2D eigenvalue weighted by Crippen LogP contribution is 2.26. The zero-order chi connectivity index (χ0) is 17.9. The molecule has 1 aromatic carbocycles. The molecule has 26 heavy (non-hydrogen) atoms. The Morgan fingerprint density at radius 1 is 1.15 bits per heavy atom. The first-order chi connectivity index (χ1) is 12.7. The van der Waals surface area contributed by atoms with Crippen LogP contribution in [-0.4, -0.2) is 53.1 Å². The molecule has 5 nitrogen and oxygen atoms in total. The third kappa shape index (κ3) is 3.54. The Morgan fingerprint density at radius 3 is 2.65 bits per heavy atom. The molecule has 138 valence electrons. The minimum atomic E-state index is 0.00709. The van der Waals surface area contributed by atoms with Gasteiger partial charge in [0.25, 0.3) is 5.91 Å². The summed E-state index contributed by atoms with van der Waals surface area (Å²) in [4.78, 5) is 17.3. The molecule has 5 heteroatoms. The standard InChI is InChI=1S/C21H27N3O2/c1-2-6-19-15-20(22-26-19)21(25)24-10-5-9-23(11-12-24)18-13-16-7-3-4-8-17(16)14-18/h3-4,7-8,15,18H,2,5-6,9-14H2,1H3. The average Bonchev–Trinajstić information content (AvgIpc) is 3.22. The van der Waals surface area contributed by atoms with E-state index in [9.17, 15) is 4.79 Å². The van der Waals surface area contributed by atoms with Gasteiger partial charge in [0.1, 0.15) is 5.76 Å². The Kier molecular flexibility index (Phi) is 5.07. The van der Waals surface area contributed by atoms with Gasteiger partial charge in [-0.3, -0.25) is 9.69 Å². The van der Waals surface area contributed by atoms with Crippen molar-refractivity contribution in [3.05, 3.63) is 52.9 Å². The van der Waals surface area contributed by atoms with Crippen LogP contribution in [0.1, 0.15) is 47.1 Å². The molecule has 1 aliphatic carbocycles. The van der Waals surface area contributed by atoms with E-state index in [1.807, 2.05) is 11.0 Å². The fraction of sp³-hybridized carbons (Fsp3) is 0.524. The molecule has 0 N–H and O–H groups in total. The first kappa shape index (κ1) is 17.3. The molecule has 0 spiro atoms. The van der Waals surface area contributed by atoms with Crippen LogP contribution in [0.25, 0.3) is 0 Å². The fourth-order valence-electron chi connectivity index (χ4n) is 4.24. The summed E-state index contributed by atoms with van der Waals surface area (Å²) in [5.74, 6) is 0.809. The van der Waals surface area contributed by atoms with Gasteiger partial charge in [-0.05, 0) is 36.8 Å². The van der Waals surface area contributed by atoms with Crippen LogP contribution in [0.2, 0.25) is 0 Å². The molecule has 0 bridgehead atoms. The highest BCUT2D eigenvalue weighted by Gasteiger charge is 2.29. The van der Waals surface area contributed by atoms with E-state index in [4.69, 9.17) is 4.52 Å². The van der Waals surface area contributed by atoms with Crippen molar-refractivity contribution < 1.29 is 9.32 Å². The summed E-state index contributed by atoms with van der Waals surface area (Å²) in [5, 5.41) is 3.98. The van der Waals surface area contributed by atoms with Gasteiger partial charge in [0.2, 0.25) is 0 Å². The highest BCUT2D eigenvalue weighted by molar-refractivity contribution is 5.92. The predicted molar refractivity (Wildman–Crippen MR) is 100 cm³/mol. The topological polar surface area (TPSA) is 49.6 Å². The maximum absolute atomic E-state index is 12.8. The van der Waals surface area contributed by atoms with E-state index in [1.165, 1.54) is 11.1 Å². The lowest BCUT2D eigenvalue weighted by Gasteiger charge is -2.27. The second-order valence-electron chi connectivity index (χ2n) is 7.44. The number of rotatable bonds is 4. The summed E-state index contributed by atoms with van der Waals surface area (Å²) >= 11 is 0. The van der Waals surface area contributed by atoms with Crippen molar-refractivity contribution in [3.63, 3.8) is 0 Å². The van der Waals surface area contributed by atoms with Crippen molar-refractivity contribution >= 4 is 5.91 Å². The van der Waals surface area contributed by atoms with Crippen LogP contribution in [0.5, 0.6) is 0 Å². The summed E-state index contributed by atoms with van der Waals surface area (Å²) in [7, 11) is 0. The third-order valence-corrected chi connectivity index (χ3v) is 5.64. The van der Waals surface area contributed by atoms with Gasteiger partial charge in [0.05, 0.1) is 0 Å². The van der Waals surface area contributed by atoms with Crippen molar-refractivity contribution in [3.8, 4) is 0 Å². The maximum atomic E-state index is 12.8. The van der Waals surface area contributed by atoms with Crippen molar-refractivity contribution in [1.82, 2.24) is 15.0 Å². The Balaban J connectivity index is 1.37. The van der Waals surface area contributed by atoms with Crippen LogP contribution in [-0.2, 0) is 19.3 Å². The van der Waals surface area contributed by atoms with E-state index >= 15 is 0 Å². The number of hydrogen-bond donors (Lipinski definition) is 0. The van der Waals surface area contributed by atoms with Crippen LogP contribution in [0.3, 0.4) is 0 Å². The Morgan fingerprint density at radius 2 is 1.92 bits per heavy atom. The Hall–Kier alpha value is -2.14. The molecule has 0 unspecified atom stereocenters. The third-order valence-electron chi connectivity index (χ3n) is 5.64. The summed E-state index contributed by atoms with van der Waals surface area (Å²) in [6.45, 7) is 5.65. The van der Waals surface area contributed by atoms with Gasteiger partial charge in [-0.1, -0.05) is 36.3 Å². The van der Waals surface area contributed by atoms with Crippen molar-refractivity contribution in [1.29, 1.82) is 0 Å². The number of nitrogens with zero attached hydrogens (tertiary/aromatic N) is 3. The molecule has 2 aromatic rings. The van der Waals surface area contributed by atoms with E-state index in [1.54, 1.807) is 0 Å². The molecule has 1 amide bonds. The number of carbonyl (C=O) groups excluding carboxylic acids is 1. The van der Waals surface area contributed by atoms with Gasteiger partial charge in [-0.15, -0.1) is 0 Å². The van der Waals surface area contributed by atoms with Gasteiger partial charge < -0.3 is 9.42 Å². The SMILES string of the molecule is CCCc1cc(C(=O)N2CCCN(C3Cc4ccccc4C3)CC2)no1. The number of aryl methyl sites for hydroxylation is 1. The van der Waals surface area contributed by atoms with Crippen LogP contribution < -0.4 is 0 Å². The summed E-state index contributed by atoms with van der Waals surface area (Å²) in [6, 6.07) is 11.2. The molecule has 1 aliphatic heterocycles. The number of fused-ring (bicyclic) bond motifs is 1. The molecule has 0 atom stereocenters. The number of carbonyl (C=O) groups is 1. The van der Waals surface area contributed by atoms with Gasteiger partial charge in [0, 0.05) is 44.7 Å². The Bertz CT molecular complexity index is 745. The number of aromatic nitrogens is 1. The molecule has 1 saturated heterocycles. The molecule has 0 radical (unpaired) electrons. The lowest BCUT2D eigenvalue weighted by Crippen LogP contribution is -2.40. The van der Waals surface area contributed by atoms with Crippen LogP contribution in [0.15, 0.2) is 34.9 Å². The largest absolute Gasteiger partial charge is 0.361 e. The zero-order valence-electron chi connectivity index (χ0n) is 15.5. The Labute approximate surface area is 155 Å². The molecule has 2 aliphatic rings. The molecule has 2 heterocycles. The van der Waals surface area contributed by atoms with Crippen LogP contribution in [0.4, 0.5) is 0 Å². The molecular weight excluding hydrogens is 326 g/mol. The smallest absolute Gasteiger partial charge is 0.276 e. The summed E-state index contributed by atoms with van der Waals surface area (Å²) < 4.78 is 5.28. The molecular formula is C21H27N3O2. The van der Waals surface area contributed by atoms with E-state index in [2.05, 4.69) is 41.2 Å². The first-order valence-electron chi connectivity index (χ1n) is 9.80. The van der Waals surface area contributed by atoms with E-state index < -0.39 is 0 Å². The van der Waals surface area contributed by atoms with Crippen molar-refractivity contribution in [2.45, 2.75) is 45.1 Å². The predicted octanol–water partition coefficient (Wildman–Crippen LogP) is 2.94. The quantitative estimate of drug-likeness (QED) is 0.848. The maximum Gasteiger partial charge on any atom is 0.276 e. The van der Waals surface area contributed by atoms with Crippen molar-refractivity contribution in [2.24, 2.45) is 0 Å². The summed E-state index contributed by atoms with van der Waals surface area (Å²) in [6.07, 6.45) is 5.10. The fourth-order valence-corrected chi connectivity index (χ4v) is 4.24. The number of benzene rings is 1. The average molecular weight is 353 g/mol. The lowest BCUT2D eigenvalue weighted by molar-refractivity contribution is 0.0748. The zero-order valence-corrected chi connectivity index (χ0v) is 15.5. The van der Waals surface area contributed by atoms with Gasteiger partial charge in [0.15, 0.2) is 5.69 Å². The molecule has 1 fully saturated rings. The lowest BCUT2D eigenvalue weighted by atomic mass is 10.1. The monoisotopic (exact) mass is 353 g/mol. The van der Waals surface area contributed by atoms with Crippen LogP contribution >= 0.6 is 0 Å². The van der Waals surface area contributed by atoms with E-state index in [0.29, 0.717) is 11.7 Å². The number of hydrogen-bond acceptors (Lipinski definition) is 4. The van der Waals surface area contributed by atoms with E-state index in [0.717, 1.165) is 64.0 Å². The minimum Gasteiger partial charge on any atom is -0.361 e. The second kappa shape index (κ2) is 7.62. The van der Waals surface area contributed by atoms with Gasteiger partial charge in [-0.25, -0.2) is 0 Å². The van der Waals surface area contributed by atoms with Gasteiger partial charge >= 0.3 is 0 Å². The minimum absolute atomic E-state index is 0.00709. The number of amides is 1. The first-order valence-corrected chi connectivity index (χ1v) is 9.80. The van der Waals surface area contributed by atoms with Crippen LogP contribution in [0, 0.1) is 0 Å². The van der Waals surface area contributed by atoms with E-state index in [-0.39, 0.29) is 5.91 Å². The summed E-state index contributed by atoms with van der Waals surface area (Å²) in [5.41, 5.74) is 3.43. The van der Waals surface area contributed by atoms with Gasteiger partial charge in [-0.2, -0.15) is 0 Å². The normalized spacial score (nSPS) is 18.7. The molecule has 0 saturated carbocycles. The second-order valence-corrected chi connectivity index (χ2v) is 7.44. The van der Waals surface area contributed by atoms with Crippen molar-refractivity contribution in [2.75, 3.05) is 26.2 Å². The molecule has 4 rings (SSSR count). The highest BCUT2D eigenvalue weighted by atomic mass is 16.5. The molecule has 1 aromatic heterocycles.